The van der Waals surface area contributed by atoms with Crippen LogP contribution in [0.1, 0.15) is 66.1 Å². The van der Waals surface area contributed by atoms with Crippen molar-refractivity contribution in [3.8, 4) is 0 Å². The first kappa shape index (κ1) is 13.6. The number of hydrogen-bond donors (Lipinski definition) is 0. The van der Waals surface area contributed by atoms with E-state index < -0.39 is 0 Å². The normalized spacial score (nSPS) is 44.0. The van der Waals surface area contributed by atoms with Crippen molar-refractivity contribution in [3.05, 3.63) is 21.4 Å². The van der Waals surface area contributed by atoms with Gasteiger partial charge in [-0.1, -0.05) is 6.92 Å². The first-order valence-corrected chi connectivity index (χ1v) is 9.35. The fraction of sp³-hybridized carbons (Fsp3) is 0.778. The van der Waals surface area contributed by atoms with Crippen LogP contribution < -0.4 is 0 Å². The van der Waals surface area contributed by atoms with Gasteiger partial charge in [0, 0.05) is 9.75 Å². The molecule has 1 aromatic heterocycles. The molecule has 0 aliphatic heterocycles. The molecule has 0 amide bonds. The molecule has 20 heavy (non-hydrogen) atoms. The Morgan fingerprint density at radius 1 is 1.20 bits per heavy atom. The molecule has 1 heterocycles. The number of halogens is 1. The van der Waals surface area contributed by atoms with E-state index in [-0.39, 0.29) is 5.38 Å². The minimum atomic E-state index is 0.248. The molecule has 1 aromatic rings. The standard InChI is InChI=1S/C18H25ClS/c1-11-4-15(12(2)20-11)16(19)18-8-13-5-14(9-18)7-17(3,6-13)10-18/h4,13-14,16H,5-10H2,1-3H3. The molecule has 110 valence electrons. The van der Waals surface area contributed by atoms with Crippen molar-refractivity contribution >= 4 is 22.9 Å². The van der Waals surface area contributed by atoms with Gasteiger partial charge < -0.3 is 0 Å². The molecular weight excluding hydrogens is 284 g/mol. The molecule has 4 aliphatic rings. The maximum Gasteiger partial charge on any atom is 0.0652 e. The molecule has 0 saturated heterocycles. The summed E-state index contributed by atoms with van der Waals surface area (Å²) in [6.45, 7) is 7.00. The lowest BCUT2D eigenvalue weighted by Gasteiger charge is -2.62. The van der Waals surface area contributed by atoms with Gasteiger partial charge in [0.25, 0.3) is 0 Å². The van der Waals surface area contributed by atoms with Gasteiger partial charge in [0.2, 0.25) is 0 Å². The van der Waals surface area contributed by atoms with E-state index in [2.05, 4.69) is 26.8 Å². The minimum Gasteiger partial charge on any atom is -0.146 e. The number of alkyl halides is 1. The highest BCUT2D eigenvalue weighted by atomic mass is 35.5. The number of thiophene rings is 1. The third-order valence-electron chi connectivity index (χ3n) is 6.29. The third kappa shape index (κ3) is 1.92. The lowest BCUT2D eigenvalue weighted by Crippen LogP contribution is -2.52. The number of aryl methyl sites for hydroxylation is 2. The summed E-state index contributed by atoms with van der Waals surface area (Å²) >= 11 is 9.03. The lowest BCUT2D eigenvalue weighted by atomic mass is 9.43. The van der Waals surface area contributed by atoms with Gasteiger partial charge in [-0.05, 0) is 86.7 Å². The van der Waals surface area contributed by atoms with E-state index in [1.165, 1.54) is 53.8 Å². The highest BCUT2D eigenvalue weighted by Crippen LogP contribution is 2.69. The fourth-order valence-corrected chi connectivity index (χ4v) is 7.84. The Balaban J connectivity index is 1.72. The first-order chi connectivity index (χ1) is 9.39. The summed E-state index contributed by atoms with van der Waals surface area (Å²) in [7, 11) is 0. The Labute approximate surface area is 131 Å². The van der Waals surface area contributed by atoms with Gasteiger partial charge in [0.1, 0.15) is 0 Å². The SMILES string of the molecule is Cc1cc(C(Cl)C23CC4CC(CC(C)(C4)C2)C3)c(C)s1. The average molecular weight is 309 g/mol. The summed E-state index contributed by atoms with van der Waals surface area (Å²) in [6, 6.07) is 2.36. The summed E-state index contributed by atoms with van der Waals surface area (Å²) < 4.78 is 0. The van der Waals surface area contributed by atoms with Crippen LogP contribution in [-0.4, -0.2) is 0 Å². The summed E-state index contributed by atoms with van der Waals surface area (Å²) in [5, 5.41) is 0.248. The molecule has 0 aromatic carbocycles. The second-order valence-electron chi connectivity index (χ2n) is 8.37. The van der Waals surface area contributed by atoms with Crippen LogP contribution in [0.5, 0.6) is 0 Å². The van der Waals surface area contributed by atoms with E-state index in [4.69, 9.17) is 11.6 Å². The largest absolute Gasteiger partial charge is 0.146 e. The second kappa shape index (κ2) is 4.26. The van der Waals surface area contributed by atoms with Crippen molar-refractivity contribution in [2.75, 3.05) is 0 Å². The van der Waals surface area contributed by atoms with Gasteiger partial charge in [-0.25, -0.2) is 0 Å². The van der Waals surface area contributed by atoms with Crippen LogP contribution in [0.15, 0.2) is 6.07 Å². The van der Waals surface area contributed by atoms with Gasteiger partial charge in [0.05, 0.1) is 5.38 Å². The molecule has 0 N–H and O–H groups in total. The Bertz CT molecular complexity index is 530. The van der Waals surface area contributed by atoms with E-state index in [1.54, 1.807) is 0 Å². The van der Waals surface area contributed by atoms with E-state index in [9.17, 15) is 0 Å². The predicted octanol–water partition coefficient (Wildman–Crippen LogP) is 6.25. The van der Waals surface area contributed by atoms with Crippen molar-refractivity contribution in [1.29, 1.82) is 0 Å². The quantitative estimate of drug-likeness (QED) is 0.566. The van der Waals surface area contributed by atoms with Crippen LogP contribution in [0.25, 0.3) is 0 Å². The molecule has 4 fully saturated rings. The number of hydrogen-bond acceptors (Lipinski definition) is 1. The van der Waals surface area contributed by atoms with Crippen molar-refractivity contribution in [3.63, 3.8) is 0 Å². The monoisotopic (exact) mass is 308 g/mol. The average Bonchev–Trinajstić information content (AvgIpc) is 2.64. The van der Waals surface area contributed by atoms with Crippen LogP contribution in [0.2, 0.25) is 0 Å². The molecule has 0 spiro atoms. The Kier molecular flexibility index (Phi) is 2.90. The smallest absolute Gasteiger partial charge is 0.0652 e. The van der Waals surface area contributed by atoms with E-state index in [1.807, 2.05) is 11.3 Å². The van der Waals surface area contributed by atoms with Crippen LogP contribution >= 0.6 is 22.9 Å². The molecule has 5 rings (SSSR count). The van der Waals surface area contributed by atoms with E-state index in [0.717, 1.165) is 11.8 Å². The lowest BCUT2D eigenvalue weighted by molar-refractivity contribution is -0.103. The maximum absolute atomic E-state index is 7.11. The Hall–Kier alpha value is -0.0100. The molecule has 4 bridgehead atoms. The second-order valence-corrected chi connectivity index (χ2v) is 10.3. The molecule has 4 aliphatic carbocycles. The van der Waals surface area contributed by atoms with Crippen LogP contribution in [0, 0.1) is 36.5 Å². The molecular formula is C18H25ClS. The summed E-state index contributed by atoms with van der Waals surface area (Å²) in [4.78, 5) is 2.86. The minimum absolute atomic E-state index is 0.248. The van der Waals surface area contributed by atoms with Gasteiger partial charge >= 0.3 is 0 Å². The van der Waals surface area contributed by atoms with Crippen molar-refractivity contribution in [1.82, 2.24) is 0 Å². The predicted molar refractivity (Wildman–Crippen MR) is 87.6 cm³/mol. The molecule has 0 radical (unpaired) electrons. The van der Waals surface area contributed by atoms with Gasteiger partial charge in [-0.2, -0.15) is 0 Å². The molecule has 3 atom stereocenters. The summed E-state index contributed by atoms with van der Waals surface area (Å²) in [5.74, 6) is 1.92. The highest BCUT2D eigenvalue weighted by Gasteiger charge is 2.58. The van der Waals surface area contributed by atoms with Crippen LogP contribution in [0.3, 0.4) is 0 Å². The van der Waals surface area contributed by atoms with Crippen LogP contribution in [-0.2, 0) is 0 Å². The molecule has 0 nitrogen and oxygen atoms in total. The molecule has 4 saturated carbocycles. The van der Waals surface area contributed by atoms with Crippen LogP contribution in [0.4, 0.5) is 0 Å². The zero-order valence-electron chi connectivity index (χ0n) is 12.8. The van der Waals surface area contributed by atoms with Crippen molar-refractivity contribution in [2.24, 2.45) is 22.7 Å². The Morgan fingerprint density at radius 2 is 1.85 bits per heavy atom. The van der Waals surface area contributed by atoms with Gasteiger partial charge in [-0.15, -0.1) is 22.9 Å². The zero-order valence-corrected chi connectivity index (χ0v) is 14.4. The fourth-order valence-electron chi connectivity index (χ4n) is 6.33. The number of rotatable bonds is 2. The zero-order chi connectivity index (χ0) is 14.1. The van der Waals surface area contributed by atoms with Gasteiger partial charge in [0.15, 0.2) is 0 Å². The topological polar surface area (TPSA) is 0 Å². The van der Waals surface area contributed by atoms with Gasteiger partial charge in [-0.3, -0.25) is 0 Å². The maximum atomic E-state index is 7.11. The first-order valence-electron chi connectivity index (χ1n) is 8.10. The molecule has 3 unspecified atom stereocenters. The summed E-state index contributed by atoms with van der Waals surface area (Å²) in [6.07, 6.45) is 8.58. The highest BCUT2D eigenvalue weighted by molar-refractivity contribution is 7.12. The third-order valence-corrected chi connectivity index (χ3v) is 7.97. The van der Waals surface area contributed by atoms with E-state index >= 15 is 0 Å². The van der Waals surface area contributed by atoms with Crippen molar-refractivity contribution in [2.45, 2.75) is 64.7 Å². The molecule has 2 heteroatoms. The Morgan fingerprint density at radius 3 is 2.35 bits per heavy atom. The summed E-state index contributed by atoms with van der Waals surface area (Å²) in [5.41, 5.74) is 2.44. The van der Waals surface area contributed by atoms with Crippen molar-refractivity contribution < 1.29 is 0 Å². The van der Waals surface area contributed by atoms with E-state index in [0.29, 0.717) is 10.8 Å².